The van der Waals surface area contributed by atoms with Crippen LogP contribution in [0.2, 0.25) is 0 Å². The molecule has 126 valence electrons. The summed E-state index contributed by atoms with van der Waals surface area (Å²) >= 11 is 6.82. The van der Waals surface area contributed by atoms with Crippen LogP contribution in [0.4, 0.5) is 10.3 Å². The van der Waals surface area contributed by atoms with E-state index in [2.05, 4.69) is 33.0 Å². The number of furan rings is 1. The molecule has 5 rings (SSSR count). The van der Waals surface area contributed by atoms with Crippen molar-refractivity contribution < 1.29 is 9.21 Å². The van der Waals surface area contributed by atoms with Gasteiger partial charge in [-0.05, 0) is 30.4 Å². The van der Waals surface area contributed by atoms with E-state index in [1.54, 1.807) is 7.05 Å². The van der Waals surface area contributed by atoms with Crippen LogP contribution in [0.5, 0.6) is 0 Å². The molecular weight excluding hydrogens is 348 g/mol. The van der Waals surface area contributed by atoms with Crippen LogP contribution < -0.4 is 10.6 Å². The summed E-state index contributed by atoms with van der Waals surface area (Å²) in [4.78, 5) is 11.3. The first-order chi connectivity index (χ1) is 11.7. The van der Waals surface area contributed by atoms with Gasteiger partial charge >= 0.3 is 0 Å². The van der Waals surface area contributed by atoms with E-state index in [0.717, 1.165) is 18.4 Å². The van der Waals surface area contributed by atoms with Crippen molar-refractivity contribution in [3.63, 3.8) is 0 Å². The Morgan fingerprint density at radius 3 is 2.71 bits per heavy atom. The zero-order valence-electron chi connectivity index (χ0n) is 13.1. The third kappa shape index (κ3) is 3.68. The third-order valence-corrected chi connectivity index (χ3v) is 4.68. The van der Waals surface area contributed by atoms with E-state index in [9.17, 15) is 4.79 Å². The molecule has 8 heteroatoms. The van der Waals surface area contributed by atoms with Crippen LogP contribution in [-0.2, 0) is 4.79 Å². The Labute approximate surface area is 147 Å². The lowest BCUT2D eigenvalue weighted by atomic mass is 10.0. The van der Waals surface area contributed by atoms with E-state index >= 15 is 0 Å². The maximum absolute atomic E-state index is 11.3. The Balaban J connectivity index is 0.000000156. The van der Waals surface area contributed by atoms with Crippen molar-refractivity contribution in [2.45, 2.75) is 19.3 Å². The fraction of sp³-hybridized carbons (Fsp3) is 0.312. The number of rotatable bonds is 6. The van der Waals surface area contributed by atoms with E-state index < -0.39 is 0 Å². The number of nitrogens with one attached hydrogen (secondary N) is 2. The minimum Gasteiger partial charge on any atom is -0.464 e. The van der Waals surface area contributed by atoms with Crippen LogP contribution in [0, 0.1) is 0 Å². The Hall–Kier alpha value is -2.12. The molecule has 5 aromatic rings. The summed E-state index contributed by atoms with van der Waals surface area (Å²) in [6.45, 7) is 0. The van der Waals surface area contributed by atoms with Gasteiger partial charge in [-0.25, -0.2) is 0 Å². The van der Waals surface area contributed by atoms with Crippen LogP contribution >= 0.6 is 22.9 Å². The molecular formula is C16H17ClN4O2S. The molecule has 4 bridgehead atoms. The number of amides is 1. The van der Waals surface area contributed by atoms with Gasteiger partial charge in [0.15, 0.2) is 0 Å². The Morgan fingerprint density at radius 1 is 1.25 bits per heavy atom. The molecule has 6 nitrogen and oxygen atoms in total. The molecule has 0 saturated carbocycles. The molecule has 0 radical (unpaired) electrons. The molecule has 0 aliphatic carbocycles. The molecule has 0 atom stereocenters. The molecule has 0 saturated heterocycles. The Bertz CT molecular complexity index is 844. The SMILES string of the molecule is CNc1nnc(NC(=O)CCCCCl)s1.c1cc2occ3c1cc23. The molecule has 0 aliphatic rings. The second kappa shape index (κ2) is 7.63. The average Bonchev–Trinajstić information content (AvgIpc) is 3.11. The quantitative estimate of drug-likeness (QED) is 0.392. The fourth-order valence-corrected chi connectivity index (χ4v) is 3.08. The van der Waals surface area contributed by atoms with Gasteiger partial charge in [-0.1, -0.05) is 17.4 Å². The van der Waals surface area contributed by atoms with Crippen LogP contribution in [-0.4, -0.2) is 29.0 Å². The number of benzene rings is 2. The summed E-state index contributed by atoms with van der Waals surface area (Å²) in [6, 6.07) is 6.24. The van der Waals surface area contributed by atoms with Crippen molar-refractivity contribution in [2.75, 3.05) is 23.6 Å². The predicted molar refractivity (Wildman–Crippen MR) is 98.7 cm³/mol. The van der Waals surface area contributed by atoms with Crippen molar-refractivity contribution in [1.29, 1.82) is 0 Å². The van der Waals surface area contributed by atoms with Gasteiger partial charge in [0.2, 0.25) is 16.2 Å². The number of halogens is 1. The number of unbranched alkanes of at least 4 members (excludes halogenated alkanes) is 1. The van der Waals surface area contributed by atoms with Gasteiger partial charge in [-0.15, -0.1) is 21.8 Å². The number of anilines is 2. The number of carbonyl (C=O) groups is 1. The standard InChI is InChI=1S/C8H13ClN4OS.C8H4O/c1-10-7-12-13-8(15-7)11-6(14)4-2-3-5-9;1-2-8-6-3-5(1)7(6)4-9-8/h2-5H2,1H3,(H,10,12)(H,11,13,14);1-4H. The third-order valence-electron chi connectivity index (χ3n) is 3.56. The second-order valence-corrected chi connectivity index (χ2v) is 6.57. The monoisotopic (exact) mass is 364 g/mol. The molecule has 3 aromatic carbocycles. The highest BCUT2D eigenvalue weighted by Gasteiger charge is 2.09. The molecule has 24 heavy (non-hydrogen) atoms. The Kier molecular flexibility index (Phi) is 5.32. The molecule has 2 aromatic heterocycles. The van der Waals surface area contributed by atoms with Gasteiger partial charge in [0.1, 0.15) is 5.58 Å². The molecule has 0 aliphatic heterocycles. The average molecular weight is 365 g/mol. The first kappa shape index (κ1) is 16.7. The summed E-state index contributed by atoms with van der Waals surface area (Å²) in [5.74, 6) is 0.551. The first-order valence-corrected chi connectivity index (χ1v) is 8.95. The number of aromatic nitrogens is 2. The van der Waals surface area contributed by atoms with E-state index in [0.29, 0.717) is 22.6 Å². The molecule has 2 heterocycles. The lowest BCUT2D eigenvalue weighted by Crippen LogP contribution is -2.10. The number of fused-ring (bicyclic) bond motifs is 1. The van der Waals surface area contributed by atoms with E-state index in [-0.39, 0.29) is 5.91 Å². The van der Waals surface area contributed by atoms with Crippen molar-refractivity contribution in [3.05, 3.63) is 24.5 Å². The van der Waals surface area contributed by atoms with E-state index in [4.69, 9.17) is 16.0 Å². The number of hydrogen-bond donors (Lipinski definition) is 2. The van der Waals surface area contributed by atoms with Gasteiger partial charge in [0, 0.05) is 30.1 Å². The van der Waals surface area contributed by atoms with Gasteiger partial charge in [-0.3, -0.25) is 4.79 Å². The van der Waals surface area contributed by atoms with Gasteiger partial charge in [0.05, 0.1) is 6.26 Å². The van der Waals surface area contributed by atoms with Crippen LogP contribution in [0.3, 0.4) is 0 Å². The molecule has 0 unspecified atom stereocenters. The van der Waals surface area contributed by atoms with E-state index in [1.807, 2.05) is 12.3 Å². The molecule has 0 fully saturated rings. The maximum Gasteiger partial charge on any atom is 0.226 e. The minimum absolute atomic E-state index is 0.0427. The van der Waals surface area contributed by atoms with Gasteiger partial charge < -0.3 is 15.1 Å². The highest BCUT2D eigenvalue weighted by molar-refractivity contribution is 7.19. The second-order valence-electron chi connectivity index (χ2n) is 5.22. The highest BCUT2D eigenvalue weighted by Crippen LogP contribution is 2.34. The summed E-state index contributed by atoms with van der Waals surface area (Å²) in [5, 5.41) is 18.2. The van der Waals surface area contributed by atoms with Gasteiger partial charge in [0.25, 0.3) is 0 Å². The smallest absolute Gasteiger partial charge is 0.226 e. The number of carbonyl (C=O) groups excluding carboxylic acids is 1. The normalized spacial score (nSPS) is 10.9. The fourth-order valence-electron chi connectivity index (χ4n) is 2.28. The molecule has 1 amide bonds. The number of hydrogen-bond acceptors (Lipinski definition) is 6. The van der Waals surface area contributed by atoms with E-state index in [1.165, 1.54) is 27.5 Å². The highest BCUT2D eigenvalue weighted by atomic mass is 35.5. The first-order valence-electron chi connectivity index (χ1n) is 7.60. The maximum atomic E-state index is 11.3. The summed E-state index contributed by atoms with van der Waals surface area (Å²) < 4.78 is 5.21. The summed E-state index contributed by atoms with van der Waals surface area (Å²) in [7, 11) is 1.76. The lowest BCUT2D eigenvalue weighted by molar-refractivity contribution is -0.116. The van der Waals surface area contributed by atoms with Crippen LogP contribution in [0.1, 0.15) is 19.3 Å². The summed E-state index contributed by atoms with van der Waals surface area (Å²) in [6.07, 6.45) is 3.95. The van der Waals surface area contributed by atoms with Crippen molar-refractivity contribution in [3.8, 4) is 0 Å². The molecule has 0 spiro atoms. The van der Waals surface area contributed by atoms with Crippen molar-refractivity contribution >= 4 is 60.8 Å². The zero-order chi connectivity index (χ0) is 16.9. The minimum atomic E-state index is -0.0427. The predicted octanol–water partition coefficient (Wildman–Crippen LogP) is 4.39. The van der Waals surface area contributed by atoms with Crippen molar-refractivity contribution in [2.24, 2.45) is 0 Å². The molecule has 2 N–H and O–H groups in total. The topological polar surface area (TPSA) is 80.0 Å². The zero-order valence-corrected chi connectivity index (χ0v) is 14.7. The van der Waals surface area contributed by atoms with Crippen molar-refractivity contribution in [1.82, 2.24) is 10.2 Å². The number of nitrogens with zero attached hydrogens (tertiary/aromatic N) is 2. The Morgan fingerprint density at radius 2 is 2.08 bits per heavy atom. The van der Waals surface area contributed by atoms with Crippen LogP contribution in [0.15, 0.2) is 28.9 Å². The lowest BCUT2D eigenvalue weighted by Gasteiger charge is -1.99. The summed E-state index contributed by atoms with van der Waals surface area (Å²) in [5.41, 5.74) is 1.01. The van der Waals surface area contributed by atoms with Crippen LogP contribution in [0.25, 0.3) is 21.7 Å². The largest absolute Gasteiger partial charge is 0.464 e. The van der Waals surface area contributed by atoms with Gasteiger partial charge in [-0.2, -0.15) is 0 Å². The number of alkyl halides is 1.